The molecule has 0 radical (unpaired) electrons. The second-order valence-corrected chi connectivity index (χ2v) is 5.78. The van der Waals surface area contributed by atoms with Gasteiger partial charge >= 0.3 is 6.18 Å². The molecule has 5 nitrogen and oxygen atoms in total. The SMILES string of the molecule is CCCN1CCC(NC(=NC)NCCCOCC(F)(F)F)CC1.I. The number of hydrogen-bond donors (Lipinski definition) is 2. The second-order valence-electron chi connectivity index (χ2n) is 5.78. The second kappa shape index (κ2) is 13.0. The molecule has 0 unspecified atom stereocenters. The van der Waals surface area contributed by atoms with Crippen LogP contribution >= 0.6 is 24.0 Å². The summed E-state index contributed by atoms with van der Waals surface area (Å²) >= 11 is 0. The van der Waals surface area contributed by atoms with Crippen LogP contribution in [-0.4, -0.2) is 69.5 Å². The zero-order chi connectivity index (χ0) is 17.1. The number of nitrogens with one attached hydrogen (secondary N) is 2. The van der Waals surface area contributed by atoms with Crippen LogP contribution in [0.15, 0.2) is 4.99 Å². The van der Waals surface area contributed by atoms with Gasteiger partial charge in [-0.25, -0.2) is 0 Å². The molecular formula is C15H30F3IN4O. The zero-order valence-corrected chi connectivity index (χ0v) is 16.8. The molecule has 1 heterocycles. The molecule has 1 saturated heterocycles. The van der Waals surface area contributed by atoms with Crippen molar-refractivity contribution in [1.29, 1.82) is 0 Å². The Morgan fingerprint density at radius 1 is 1.29 bits per heavy atom. The Kier molecular flexibility index (Phi) is 12.8. The predicted octanol–water partition coefficient (Wildman–Crippen LogP) is 2.61. The third-order valence-electron chi connectivity index (χ3n) is 3.72. The van der Waals surface area contributed by atoms with E-state index < -0.39 is 12.8 Å². The summed E-state index contributed by atoms with van der Waals surface area (Å²) in [6.07, 6.45) is -0.411. The number of nitrogens with zero attached hydrogens (tertiary/aromatic N) is 2. The van der Waals surface area contributed by atoms with E-state index in [1.807, 2.05) is 0 Å². The lowest BCUT2D eigenvalue weighted by Gasteiger charge is -2.32. The van der Waals surface area contributed by atoms with Crippen molar-refractivity contribution >= 4 is 29.9 Å². The highest BCUT2D eigenvalue weighted by Gasteiger charge is 2.27. The van der Waals surface area contributed by atoms with Crippen LogP contribution in [0.3, 0.4) is 0 Å². The van der Waals surface area contributed by atoms with Crippen LogP contribution < -0.4 is 10.6 Å². The molecule has 0 aliphatic carbocycles. The molecular weight excluding hydrogens is 436 g/mol. The first kappa shape index (κ1) is 23.7. The third kappa shape index (κ3) is 11.3. The summed E-state index contributed by atoms with van der Waals surface area (Å²) in [5.74, 6) is 0.703. The van der Waals surface area contributed by atoms with E-state index in [1.165, 1.54) is 6.42 Å². The smallest absolute Gasteiger partial charge is 0.372 e. The van der Waals surface area contributed by atoms with Crippen LogP contribution in [0.4, 0.5) is 13.2 Å². The van der Waals surface area contributed by atoms with E-state index >= 15 is 0 Å². The van der Waals surface area contributed by atoms with E-state index in [0.29, 0.717) is 25.0 Å². The van der Waals surface area contributed by atoms with E-state index in [0.717, 1.165) is 32.5 Å². The van der Waals surface area contributed by atoms with Crippen molar-refractivity contribution < 1.29 is 17.9 Å². The number of piperidine rings is 1. The molecule has 0 amide bonds. The third-order valence-corrected chi connectivity index (χ3v) is 3.72. The lowest BCUT2D eigenvalue weighted by atomic mass is 10.1. The van der Waals surface area contributed by atoms with Gasteiger partial charge in [-0.3, -0.25) is 4.99 Å². The molecule has 1 rings (SSSR count). The number of rotatable bonds is 8. The average Bonchev–Trinajstić information content (AvgIpc) is 2.50. The molecule has 0 aromatic carbocycles. The van der Waals surface area contributed by atoms with E-state index in [-0.39, 0.29) is 30.6 Å². The number of aliphatic imine (C=N–C) groups is 1. The Balaban J connectivity index is 0.00000529. The first-order chi connectivity index (χ1) is 10.9. The van der Waals surface area contributed by atoms with Crippen molar-refractivity contribution in [3.8, 4) is 0 Å². The minimum Gasteiger partial charge on any atom is -0.372 e. The molecule has 1 aliphatic heterocycles. The maximum Gasteiger partial charge on any atom is 0.411 e. The van der Waals surface area contributed by atoms with Gasteiger partial charge in [0, 0.05) is 39.3 Å². The number of alkyl halides is 3. The van der Waals surface area contributed by atoms with Crippen molar-refractivity contribution in [3.05, 3.63) is 0 Å². The van der Waals surface area contributed by atoms with Crippen LogP contribution in [0.1, 0.15) is 32.6 Å². The van der Waals surface area contributed by atoms with Gasteiger partial charge in [0.25, 0.3) is 0 Å². The topological polar surface area (TPSA) is 48.9 Å². The standard InChI is InChI=1S/C15H29F3N4O.HI/c1-3-8-22-9-5-13(6-10-22)21-14(19-2)20-7-4-11-23-12-15(16,17)18;/h13H,3-12H2,1-2H3,(H2,19,20,21);1H. The number of halogens is 4. The van der Waals surface area contributed by atoms with Crippen LogP contribution in [0, 0.1) is 0 Å². The number of guanidine groups is 1. The van der Waals surface area contributed by atoms with Gasteiger partial charge in [0.2, 0.25) is 0 Å². The zero-order valence-electron chi connectivity index (χ0n) is 14.5. The first-order valence-corrected chi connectivity index (χ1v) is 8.28. The monoisotopic (exact) mass is 466 g/mol. The largest absolute Gasteiger partial charge is 0.411 e. The molecule has 0 aromatic heterocycles. The average molecular weight is 466 g/mol. The fourth-order valence-electron chi connectivity index (χ4n) is 2.57. The van der Waals surface area contributed by atoms with Gasteiger partial charge in [0.15, 0.2) is 5.96 Å². The molecule has 1 aliphatic rings. The Labute approximate surface area is 159 Å². The summed E-state index contributed by atoms with van der Waals surface area (Å²) in [6.45, 7) is 4.95. The number of hydrogen-bond acceptors (Lipinski definition) is 3. The molecule has 0 aromatic rings. The highest BCUT2D eigenvalue weighted by atomic mass is 127. The molecule has 24 heavy (non-hydrogen) atoms. The summed E-state index contributed by atoms with van der Waals surface area (Å²) in [5, 5.41) is 6.49. The molecule has 144 valence electrons. The molecule has 0 saturated carbocycles. The van der Waals surface area contributed by atoms with E-state index in [2.05, 4.69) is 32.2 Å². The van der Waals surface area contributed by atoms with Crippen LogP contribution in [0.25, 0.3) is 0 Å². The van der Waals surface area contributed by atoms with Crippen molar-refractivity contribution in [2.75, 3.05) is 46.4 Å². The summed E-state index contributed by atoms with van der Waals surface area (Å²) in [5.41, 5.74) is 0. The van der Waals surface area contributed by atoms with Crippen molar-refractivity contribution in [1.82, 2.24) is 15.5 Å². The van der Waals surface area contributed by atoms with Crippen molar-refractivity contribution in [2.24, 2.45) is 4.99 Å². The quantitative estimate of drug-likeness (QED) is 0.250. The minimum absolute atomic E-state index is 0. The fraction of sp³-hybridized carbons (Fsp3) is 0.933. The minimum atomic E-state index is -4.25. The Morgan fingerprint density at radius 3 is 2.50 bits per heavy atom. The maximum absolute atomic E-state index is 11.9. The van der Waals surface area contributed by atoms with E-state index in [4.69, 9.17) is 0 Å². The Bertz CT molecular complexity index is 348. The molecule has 0 atom stereocenters. The van der Waals surface area contributed by atoms with E-state index in [1.54, 1.807) is 7.05 Å². The molecule has 1 fully saturated rings. The lowest BCUT2D eigenvalue weighted by Crippen LogP contribution is -2.49. The number of ether oxygens (including phenoxy) is 1. The summed E-state index contributed by atoms with van der Waals surface area (Å²) in [7, 11) is 1.70. The lowest BCUT2D eigenvalue weighted by molar-refractivity contribution is -0.173. The summed E-state index contributed by atoms with van der Waals surface area (Å²) in [6, 6.07) is 0.399. The van der Waals surface area contributed by atoms with Gasteiger partial charge in [0.05, 0.1) is 0 Å². The number of likely N-dealkylation sites (tertiary alicyclic amines) is 1. The summed E-state index contributed by atoms with van der Waals surface area (Å²) < 4.78 is 40.3. The summed E-state index contributed by atoms with van der Waals surface area (Å²) in [4.78, 5) is 6.62. The van der Waals surface area contributed by atoms with Crippen molar-refractivity contribution in [2.45, 2.75) is 44.8 Å². The van der Waals surface area contributed by atoms with Crippen molar-refractivity contribution in [3.63, 3.8) is 0 Å². The first-order valence-electron chi connectivity index (χ1n) is 8.28. The van der Waals surface area contributed by atoms with Gasteiger partial charge < -0.3 is 20.3 Å². The van der Waals surface area contributed by atoms with E-state index in [9.17, 15) is 13.2 Å². The van der Waals surface area contributed by atoms with Gasteiger partial charge in [-0.05, 0) is 32.2 Å². The van der Waals surface area contributed by atoms with Gasteiger partial charge in [-0.2, -0.15) is 13.2 Å². The van der Waals surface area contributed by atoms with Crippen LogP contribution in [-0.2, 0) is 4.74 Å². The predicted molar refractivity (Wildman–Crippen MR) is 101 cm³/mol. The molecule has 2 N–H and O–H groups in total. The van der Waals surface area contributed by atoms with Gasteiger partial charge in [-0.1, -0.05) is 6.92 Å². The highest BCUT2D eigenvalue weighted by molar-refractivity contribution is 14.0. The maximum atomic E-state index is 11.9. The normalized spacial score (nSPS) is 17.5. The fourth-order valence-corrected chi connectivity index (χ4v) is 2.57. The van der Waals surface area contributed by atoms with Gasteiger partial charge in [-0.15, -0.1) is 24.0 Å². The Morgan fingerprint density at radius 2 is 1.96 bits per heavy atom. The van der Waals surface area contributed by atoms with Gasteiger partial charge in [0.1, 0.15) is 6.61 Å². The van der Waals surface area contributed by atoms with Crippen LogP contribution in [0.2, 0.25) is 0 Å². The Hall–Kier alpha value is -0.290. The molecule has 0 bridgehead atoms. The highest BCUT2D eigenvalue weighted by Crippen LogP contribution is 2.14. The molecule has 9 heteroatoms. The molecule has 0 spiro atoms. The van der Waals surface area contributed by atoms with Crippen LogP contribution in [0.5, 0.6) is 0 Å².